The third-order valence-corrected chi connectivity index (χ3v) is 4.87. The number of fused-ring (bicyclic) bond motifs is 1. The molecule has 130 valence electrons. The monoisotopic (exact) mass is 358 g/mol. The van der Waals surface area contributed by atoms with Crippen LogP contribution < -0.4 is 4.80 Å². The maximum absolute atomic E-state index is 12.3. The fourth-order valence-electron chi connectivity index (χ4n) is 2.63. The Hall–Kier alpha value is -2.67. The minimum atomic E-state index is -0.483. The highest BCUT2D eigenvalue weighted by atomic mass is 32.1. The fourth-order valence-corrected chi connectivity index (χ4v) is 3.71. The van der Waals surface area contributed by atoms with Crippen molar-refractivity contribution in [2.24, 2.45) is 4.99 Å². The number of aryl methyl sites for hydroxylation is 2. The standard InChI is InChI=1S/C18H18N2O4S/c1-4-23-15(21)10-20-13-9-11(2)8-12(3)16(13)25-18(20)19-17(22)14-6-5-7-24-14/h5-9H,4,10H2,1-3H3. The molecule has 2 heterocycles. The zero-order chi connectivity index (χ0) is 18.0. The molecule has 0 radical (unpaired) electrons. The highest BCUT2D eigenvalue weighted by Crippen LogP contribution is 2.23. The maximum atomic E-state index is 12.3. The molecule has 25 heavy (non-hydrogen) atoms. The predicted molar refractivity (Wildman–Crippen MR) is 94.5 cm³/mol. The molecule has 7 heteroatoms. The molecule has 0 fully saturated rings. The highest BCUT2D eigenvalue weighted by molar-refractivity contribution is 7.16. The van der Waals surface area contributed by atoms with Gasteiger partial charge < -0.3 is 13.7 Å². The average Bonchev–Trinajstić information content (AvgIpc) is 3.18. The molecular formula is C18H18N2O4S. The van der Waals surface area contributed by atoms with Gasteiger partial charge in [-0.1, -0.05) is 17.4 Å². The first kappa shape index (κ1) is 17.2. The molecule has 0 atom stereocenters. The quantitative estimate of drug-likeness (QED) is 0.671. The van der Waals surface area contributed by atoms with Crippen molar-refractivity contribution in [3.05, 3.63) is 52.2 Å². The van der Waals surface area contributed by atoms with E-state index >= 15 is 0 Å². The van der Waals surface area contributed by atoms with Crippen LogP contribution in [0.3, 0.4) is 0 Å². The van der Waals surface area contributed by atoms with Gasteiger partial charge in [0.1, 0.15) is 6.54 Å². The molecule has 0 bridgehead atoms. The van der Waals surface area contributed by atoms with Crippen molar-refractivity contribution < 1.29 is 18.7 Å². The van der Waals surface area contributed by atoms with Gasteiger partial charge in [0.15, 0.2) is 10.6 Å². The van der Waals surface area contributed by atoms with Crippen molar-refractivity contribution in [1.29, 1.82) is 0 Å². The lowest BCUT2D eigenvalue weighted by molar-refractivity contribution is -0.143. The van der Waals surface area contributed by atoms with Gasteiger partial charge in [-0.25, -0.2) is 0 Å². The summed E-state index contributed by atoms with van der Waals surface area (Å²) in [4.78, 5) is 28.9. The number of ether oxygens (including phenoxy) is 1. The Morgan fingerprint density at radius 3 is 2.80 bits per heavy atom. The second kappa shape index (κ2) is 7.06. The first-order chi connectivity index (χ1) is 12.0. The summed E-state index contributed by atoms with van der Waals surface area (Å²) in [5.74, 6) is -0.690. The van der Waals surface area contributed by atoms with E-state index in [-0.39, 0.29) is 18.3 Å². The van der Waals surface area contributed by atoms with Crippen LogP contribution in [-0.2, 0) is 16.1 Å². The Morgan fingerprint density at radius 1 is 1.32 bits per heavy atom. The zero-order valence-electron chi connectivity index (χ0n) is 14.2. The van der Waals surface area contributed by atoms with Crippen molar-refractivity contribution in [3.63, 3.8) is 0 Å². The number of hydrogen-bond acceptors (Lipinski definition) is 5. The highest BCUT2D eigenvalue weighted by Gasteiger charge is 2.15. The Bertz CT molecular complexity index is 996. The van der Waals surface area contributed by atoms with Gasteiger partial charge in [-0.15, -0.1) is 0 Å². The Labute approximate surface area is 148 Å². The minimum Gasteiger partial charge on any atom is -0.465 e. The van der Waals surface area contributed by atoms with Gasteiger partial charge in [-0.3, -0.25) is 9.59 Å². The predicted octanol–water partition coefficient (Wildman–Crippen LogP) is 3.22. The summed E-state index contributed by atoms with van der Waals surface area (Å²) in [5, 5.41) is 0. The van der Waals surface area contributed by atoms with Crippen LogP contribution in [0, 0.1) is 13.8 Å². The van der Waals surface area contributed by atoms with E-state index < -0.39 is 5.91 Å². The van der Waals surface area contributed by atoms with Gasteiger partial charge in [0.25, 0.3) is 0 Å². The van der Waals surface area contributed by atoms with E-state index in [2.05, 4.69) is 11.1 Å². The SMILES string of the molecule is CCOC(=O)Cn1c(=NC(=O)c2ccco2)sc2c(C)cc(C)cc21. The summed E-state index contributed by atoms with van der Waals surface area (Å²) >= 11 is 1.37. The number of carbonyl (C=O) groups is 2. The third-order valence-electron chi connectivity index (χ3n) is 3.64. The van der Waals surface area contributed by atoms with Gasteiger partial charge in [0.2, 0.25) is 0 Å². The Kier molecular flexibility index (Phi) is 4.85. The number of carbonyl (C=O) groups excluding carboxylic acids is 2. The van der Waals surface area contributed by atoms with Gasteiger partial charge in [-0.05, 0) is 50.1 Å². The first-order valence-corrected chi connectivity index (χ1v) is 8.70. The van der Waals surface area contributed by atoms with Crippen molar-refractivity contribution in [3.8, 4) is 0 Å². The van der Waals surface area contributed by atoms with Crippen LogP contribution in [0.5, 0.6) is 0 Å². The van der Waals surface area contributed by atoms with E-state index in [9.17, 15) is 9.59 Å². The van der Waals surface area contributed by atoms with Gasteiger partial charge in [0, 0.05) is 0 Å². The van der Waals surface area contributed by atoms with E-state index in [1.54, 1.807) is 23.6 Å². The maximum Gasteiger partial charge on any atom is 0.326 e. The molecule has 0 saturated carbocycles. The summed E-state index contributed by atoms with van der Waals surface area (Å²) in [7, 11) is 0. The molecule has 3 rings (SSSR count). The lowest BCUT2D eigenvalue weighted by Crippen LogP contribution is -2.23. The molecule has 0 unspecified atom stereocenters. The van der Waals surface area contributed by atoms with Gasteiger partial charge >= 0.3 is 11.9 Å². The summed E-state index contributed by atoms with van der Waals surface area (Å²) < 4.78 is 12.9. The second-order valence-corrected chi connectivity index (χ2v) is 6.58. The number of amides is 1. The molecule has 6 nitrogen and oxygen atoms in total. The number of hydrogen-bond donors (Lipinski definition) is 0. The van der Waals surface area contributed by atoms with Crippen LogP contribution >= 0.6 is 11.3 Å². The summed E-state index contributed by atoms with van der Waals surface area (Å²) in [6.07, 6.45) is 1.42. The van der Waals surface area contributed by atoms with Crippen LogP contribution in [0.4, 0.5) is 0 Å². The molecule has 3 aromatic rings. The first-order valence-electron chi connectivity index (χ1n) is 7.88. The van der Waals surface area contributed by atoms with Crippen LogP contribution in [0.1, 0.15) is 28.6 Å². The van der Waals surface area contributed by atoms with E-state index in [4.69, 9.17) is 9.15 Å². The lowest BCUT2D eigenvalue weighted by Gasteiger charge is -2.06. The molecule has 1 amide bonds. The summed E-state index contributed by atoms with van der Waals surface area (Å²) in [6, 6.07) is 7.23. The van der Waals surface area contributed by atoms with E-state index in [1.807, 2.05) is 19.9 Å². The molecule has 0 saturated heterocycles. The number of thiazole rings is 1. The van der Waals surface area contributed by atoms with Gasteiger partial charge in [-0.2, -0.15) is 4.99 Å². The summed E-state index contributed by atoms with van der Waals surface area (Å²) in [5.41, 5.74) is 3.01. The largest absolute Gasteiger partial charge is 0.465 e. The van der Waals surface area contributed by atoms with E-state index in [1.165, 1.54) is 17.6 Å². The van der Waals surface area contributed by atoms with Crippen LogP contribution in [-0.4, -0.2) is 23.1 Å². The average molecular weight is 358 g/mol. The van der Waals surface area contributed by atoms with Crippen molar-refractivity contribution in [2.45, 2.75) is 27.3 Å². The number of rotatable bonds is 4. The molecule has 1 aromatic carbocycles. The van der Waals surface area contributed by atoms with E-state index in [0.29, 0.717) is 11.4 Å². The summed E-state index contributed by atoms with van der Waals surface area (Å²) in [6.45, 7) is 6.05. The minimum absolute atomic E-state index is 0.000993. The number of furan rings is 1. The second-order valence-electron chi connectivity index (χ2n) is 5.60. The van der Waals surface area contributed by atoms with Crippen molar-refractivity contribution in [1.82, 2.24) is 4.57 Å². The topological polar surface area (TPSA) is 73.8 Å². The smallest absolute Gasteiger partial charge is 0.326 e. The molecular weight excluding hydrogens is 340 g/mol. The van der Waals surface area contributed by atoms with Gasteiger partial charge in [0.05, 0.1) is 23.1 Å². The molecule has 0 N–H and O–H groups in total. The van der Waals surface area contributed by atoms with Crippen molar-refractivity contribution in [2.75, 3.05) is 6.61 Å². The van der Waals surface area contributed by atoms with Crippen LogP contribution in [0.25, 0.3) is 10.2 Å². The lowest BCUT2D eigenvalue weighted by atomic mass is 10.1. The third kappa shape index (κ3) is 3.56. The Morgan fingerprint density at radius 2 is 2.12 bits per heavy atom. The zero-order valence-corrected chi connectivity index (χ0v) is 15.1. The molecule has 2 aromatic heterocycles. The number of benzene rings is 1. The normalized spacial score (nSPS) is 11.9. The molecule has 0 aliphatic heterocycles. The fraction of sp³-hybridized carbons (Fsp3) is 0.278. The number of aromatic nitrogens is 1. The van der Waals surface area contributed by atoms with Crippen LogP contribution in [0.2, 0.25) is 0 Å². The molecule has 0 aliphatic rings. The number of nitrogens with zero attached hydrogens (tertiary/aromatic N) is 2. The van der Waals surface area contributed by atoms with E-state index in [0.717, 1.165) is 21.3 Å². The van der Waals surface area contributed by atoms with Crippen molar-refractivity contribution >= 4 is 33.4 Å². The molecule has 0 aliphatic carbocycles. The number of esters is 1. The molecule has 0 spiro atoms. The van der Waals surface area contributed by atoms with Crippen LogP contribution in [0.15, 0.2) is 39.9 Å². The Balaban J connectivity index is 2.17.